The minimum absolute atomic E-state index is 0.356. The number of hydrogen-bond donors (Lipinski definition) is 1. The molecule has 0 amide bonds. The summed E-state index contributed by atoms with van der Waals surface area (Å²) in [5.41, 5.74) is 7.91. The van der Waals surface area contributed by atoms with Gasteiger partial charge in [0, 0.05) is 0 Å². The van der Waals surface area contributed by atoms with Gasteiger partial charge in [0.05, 0.1) is 13.2 Å². The lowest BCUT2D eigenvalue weighted by molar-refractivity contribution is -0.144. The predicted molar refractivity (Wildman–Crippen MR) is 70.7 cm³/mol. The molecule has 0 spiro atoms. The number of carbonyl (C=O) groups excluding carboxylic acids is 1. The summed E-state index contributed by atoms with van der Waals surface area (Å²) >= 11 is 0. The molecule has 0 saturated carbocycles. The normalized spacial score (nSPS) is 12.0. The Labute approximate surface area is 108 Å². The topological polar surface area (TPSA) is 61.5 Å². The summed E-state index contributed by atoms with van der Waals surface area (Å²) in [6, 6.07) is 5.18. The van der Waals surface area contributed by atoms with Gasteiger partial charge in [-0.25, -0.2) is 0 Å². The summed E-state index contributed by atoms with van der Waals surface area (Å²) in [5.74, 6) is 0.481. The van der Waals surface area contributed by atoms with Crippen molar-refractivity contribution in [1.29, 1.82) is 0 Å². The maximum Gasteiger partial charge on any atom is 0.323 e. The van der Waals surface area contributed by atoms with Crippen molar-refractivity contribution >= 4 is 5.97 Å². The van der Waals surface area contributed by atoms with Crippen molar-refractivity contribution in [2.24, 2.45) is 5.73 Å². The average molecular weight is 251 g/mol. The number of rotatable bonds is 6. The Kier molecular flexibility index (Phi) is 5.65. The van der Waals surface area contributed by atoms with Gasteiger partial charge in [0.15, 0.2) is 0 Å². The van der Waals surface area contributed by atoms with Crippen molar-refractivity contribution in [3.63, 3.8) is 0 Å². The molecule has 1 aromatic carbocycles. The van der Waals surface area contributed by atoms with Gasteiger partial charge >= 0.3 is 5.97 Å². The lowest BCUT2D eigenvalue weighted by Gasteiger charge is -2.13. The van der Waals surface area contributed by atoms with E-state index in [4.69, 9.17) is 15.2 Å². The van der Waals surface area contributed by atoms with Crippen molar-refractivity contribution < 1.29 is 14.3 Å². The van der Waals surface area contributed by atoms with Crippen molar-refractivity contribution in [1.82, 2.24) is 0 Å². The minimum atomic E-state index is -0.610. The summed E-state index contributed by atoms with van der Waals surface area (Å²) < 4.78 is 10.3. The number of nitrogens with two attached hydrogens (primary N) is 1. The summed E-state index contributed by atoms with van der Waals surface area (Å²) in [6.07, 6.45) is 0.483. The Bertz CT molecular complexity index is 404. The zero-order chi connectivity index (χ0) is 13.5. The van der Waals surface area contributed by atoms with E-state index in [1.807, 2.05) is 32.0 Å². The molecule has 4 nitrogen and oxygen atoms in total. The molecule has 0 bridgehead atoms. The zero-order valence-corrected chi connectivity index (χ0v) is 11.2. The summed E-state index contributed by atoms with van der Waals surface area (Å²) in [5, 5.41) is 0. The van der Waals surface area contributed by atoms with Crippen LogP contribution >= 0.6 is 0 Å². The van der Waals surface area contributed by atoms with Crippen LogP contribution in [0.1, 0.15) is 25.0 Å². The molecule has 1 rings (SSSR count). The van der Waals surface area contributed by atoms with E-state index in [1.165, 1.54) is 0 Å². The Hall–Kier alpha value is -1.55. The lowest BCUT2D eigenvalue weighted by Crippen LogP contribution is -2.34. The van der Waals surface area contributed by atoms with E-state index in [9.17, 15) is 4.79 Å². The van der Waals surface area contributed by atoms with Gasteiger partial charge in [-0.05, 0) is 50.5 Å². The molecular weight excluding hydrogens is 230 g/mol. The molecule has 1 unspecified atom stereocenters. The Morgan fingerprint density at radius 3 is 2.61 bits per heavy atom. The van der Waals surface area contributed by atoms with Crippen LogP contribution in [0.2, 0.25) is 0 Å². The third kappa shape index (κ3) is 4.04. The highest BCUT2D eigenvalue weighted by Crippen LogP contribution is 2.18. The number of carbonyl (C=O) groups is 1. The fraction of sp³-hybridized carbons (Fsp3) is 0.500. The molecular formula is C14H21NO3. The Balaban J connectivity index is 2.70. The average Bonchev–Trinajstić information content (AvgIpc) is 2.33. The van der Waals surface area contributed by atoms with Crippen LogP contribution in [0.3, 0.4) is 0 Å². The minimum Gasteiger partial charge on any atom is -0.494 e. The second kappa shape index (κ2) is 7.01. The Morgan fingerprint density at radius 2 is 2.06 bits per heavy atom. The molecule has 0 saturated heterocycles. The SMILES string of the molecule is CCOC(=O)C(N)Cc1ccc(OCC)cc1C. The van der Waals surface area contributed by atoms with Gasteiger partial charge < -0.3 is 15.2 Å². The van der Waals surface area contributed by atoms with Gasteiger partial charge in [-0.2, -0.15) is 0 Å². The van der Waals surface area contributed by atoms with Crippen LogP contribution in [-0.2, 0) is 16.0 Å². The molecule has 4 heteroatoms. The monoisotopic (exact) mass is 251 g/mol. The van der Waals surface area contributed by atoms with Crippen LogP contribution in [-0.4, -0.2) is 25.2 Å². The van der Waals surface area contributed by atoms with E-state index in [1.54, 1.807) is 6.92 Å². The van der Waals surface area contributed by atoms with E-state index in [2.05, 4.69) is 0 Å². The smallest absolute Gasteiger partial charge is 0.323 e. The van der Waals surface area contributed by atoms with Gasteiger partial charge in [-0.15, -0.1) is 0 Å². The molecule has 1 atom stereocenters. The molecule has 2 N–H and O–H groups in total. The molecule has 0 aromatic heterocycles. The number of benzene rings is 1. The van der Waals surface area contributed by atoms with Crippen molar-refractivity contribution in [2.75, 3.05) is 13.2 Å². The molecule has 0 fully saturated rings. The molecule has 0 aliphatic heterocycles. The maximum absolute atomic E-state index is 11.5. The number of ether oxygens (including phenoxy) is 2. The van der Waals surface area contributed by atoms with Gasteiger partial charge in [0.2, 0.25) is 0 Å². The second-order valence-electron chi connectivity index (χ2n) is 4.08. The fourth-order valence-corrected chi connectivity index (χ4v) is 1.72. The van der Waals surface area contributed by atoms with Crippen molar-refractivity contribution in [3.8, 4) is 5.75 Å². The summed E-state index contributed by atoms with van der Waals surface area (Å²) in [7, 11) is 0. The predicted octanol–water partition coefficient (Wildman–Crippen LogP) is 1.83. The van der Waals surface area contributed by atoms with Gasteiger partial charge in [0.25, 0.3) is 0 Å². The largest absolute Gasteiger partial charge is 0.494 e. The molecule has 0 aliphatic carbocycles. The summed E-state index contributed by atoms with van der Waals surface area (Å²) in [6.45, 7) is 6.69. The first-order chi connectivity index (χ1) is 8.58. The number of hydrogen-bond acceptors (Lipinski definition) is 4. The van der Waals surface area contributed by atoms with Crippen molar-refractivity contribution in [2.45, 2.75) is 33.2 Å². The third-order valence-electron chi connectivity index (χ3n) is 2.65. The van der Waals surface area contributed by atoms with Gasteiger partial charge in [0.1, 0.15) is 11.8 Å². The standard InChI is InChI=1S/C14H21NO3/c1-4-17-12-7-6-11(10(3)8-12)9-13(15)14(16)18-5-2/h6-8,13H,4-5,9,15H2,1-3H3. The van der Waals surface area contributed by atoms with Gasteiger partial charge in [-0.1, -0.05) is 6.07 Å². The number of esters is 1. The molecule has 1 aromatic rings. The maximum atomic E-state index is 11.5. The van der Waals surface area contributed by atoms with E-state index in [-0.39, 0.29) is 5.97 Å². The molecule has 0 aliphatic rings. The molecule has 100 valence electrons. The third-order valence-corrected chi connectivity index (χ3v) is 2.65. The second-order valence-corrected chi connectivity index (χ2v) is 4.08. The highest BCUT2D eigenvalue weighted by Gasteiger charge is 2.16. The summed E-state index contributed by atoms with van der Waals surface area (Å²) in [4.78, 5) is 11.5. The molecule has 0 heterocycles. The Morgan fingerprint density at radius 1 is 1.33 bits per heavy atom. The van der Waals surface area contributed by atoms with Crippen LogP contribution in [0, 0.1) is 6.92 Å². The first-order valence-electron chi connectivity index (χ1n) is 6.23. The van der Waals surface area contributed by atoms with Gasteiger partial charge in [-0.3, -0.25) is 4.79 Å². The lowest BCUT2D eigenvalue weighted by atomic mass is 10.0. The highest BCUT2D eigenvalue weighted by molar-refractivity contribution is 5.75. The van der Waals surface area contributed by atoms with E-state index < -0.39 is 6.04 Å². The van der Waals surface area contributed by atoms with Crippen molar-refractivity contribution in [3.05, 3.63) is 29.3 Å². The number of aryl methyl sites for hydroxylation is 1. The first kappa shape index (κ1) is 14.5. The van der Waals surface area contributed by atoms with Crippen LogP contribution in [0.4, 0.5) is 0 Å². The van der Waals surface area contributed by atoms with Crippen LogP contribution in [0.25, 0.3) is 0 Å². The molecule has 18 heavy (non-hydrogen) atoms. The quantitative estimate of drug-likeness (QED) is 0.783. The zero-order valence-electron chi connectivity index (χ0n) is 11.2. The van der Waals surface area contributed by atoms with Crippen LogP contribution in [0.15, 0.2) is 18.2 Å². The first-order valence-corrected chi connectivity index (χ1v) is 6.23. The van der Waals surface area contributed by atoms with E-state index in [0.29, 0.717) is 19.6 Å². The van der Waals surface area contributed by atoms with E-state index in [0.717, 1.165) is 16.9 Å². The highest BCUT2D eigenvalue weighted by atomic mass is 16.5. The molecule has 0 radical (unpaired) electrons. The fourth-order valence-electron chi connectivity index (χ4n) is 1.72. The van der Waals surface area contributed by atoms with Crippen LogP contribution < -0.4 is 10.5 Å². The van der Waals surface area contributed by atoms with Crippen LogP contribution in [0.5, 0.6) is 5.75 Å². The van der Waals surface area contributed by atoms with E-state index >= 15 is 0 Å².